The summed E-state index contributed by atoms with van der Waals surface area (Å²) in [5.74, 6) is -0.0583. The monoisotopic (exact) mass is 415 g/mol. The van der Waals surface area contributed by atoms with E-state index in [0.29, 0.717) is 4.88 Å². The lowest BCUT2D eigenvalue weighted by Gasteiger charge is -2.13. The van der Waals surface area contributed by atoms with Crippen molar-refractivity contribution in [3.8, 4) is 0 Å². The lowest BCUT2D eigenvalue weighted by atomic mass is 10.0. The Labute approximate surface area is 139 Å². The summed E-state index contributed by atoms with van der Waals surface area (Å²) in [5, 5.41) is 3.07. The minimum atomic E-state index is -0.0583. The maximum absolute atomic E-state index is 12.4. The Kier molecular flexibility index (Phi) is 5.41. The molecule has 0 fully saturated rings. The number of anilines is 1. The van der Waals surface area contributed by atoms with Crippen molar-refractivity contribution in [1.29, 1.82) is 0 Å². The summed E-state index contributed by atoms with van der Waals surface area (Å²) in [7, 11) is 0. The number of hydrogen-bond donors (Lipinski definition) is 1. The fraction of sp³-hybridized carbons (Fsp3) is 0.267. The second-order valence-corrected chi connectivity index (χ2v) is 7.57. The van der Waals surface area contributed by atoms with Crippen LogP contribution in [0.1, 0.15) is 34.6 Å². The molecule has 0 aliphatic carbocycles. The Balaban J connectivity index is 2.31. The predicted molar refractivity (Wildman–Crippen MR) is 92.9 cm³/mol. The van der Waals surface area contributed by atoms with E-state index in [2.05, 4.69) is 63.2 Å². The molecule has 0 saturated carbocycles. The molecule has 2 aromatic rings. The number of amides is 1. The van der Waals surface area contributed by atoms with E-state index in [-0.39, 0.29) is 5.91 Å². The summed E-state index contributed by atoms with van der Waals surface area (Å²) in [6.07, 6.45) is 1.81. The molecule has 0 unspecified atom stereocenters. The lowest BCUT2D eigenvalue weighted by molar-refractivity contribution is 0.103. The molecule has 2 nitrogen and oxygen atoms in total. The van der Waals surface area contributed by atoms with E-state index in [1.165, 1.54) is 22.5 Å². The summed E-state index contributed by atoms with van der Waals surface area (Å²) in [6.45, 7) is 4.20. The minimum absolute atomic E-state index is 0.0583. The van der Waals surface area contributed by atoms with Crippen LogP contribution in [0.5, 0.6) is 0 Å². The van der Waals surface area contributed by atoms with Crippen LogP contribution in [0.2, 0.25) is 0 Å². The van der Waals surface area contributed by atoms with Crippen LogP contribution in [-0.2, 0) is 12.8 Å². The van der Waals surface area contributed by atoms with Gasteiger partial charge in [-0.2, -0.15) is 0 Å². The van der Waals surface area contributed by atoms with Crippen LogP contribution in [-0.4, -0.2) is 5.91 Å². The number of para-hydroxylation sites is 1. The molecule has 0 bridgehead atoms. The molecule has 20 heavy (non-hydrogen) atoms. The summed E-state index contributed by atoms with van der Waals surface area (Å²) in [5.41, 5.74) is 3.31. The van der Waals surface area contributed by atoms with E-state index in [4.69, 9.17) is 0 Å². The number of hydrogen-bond acceptors (Lipinski definition) is 2. The number of nitrogens with one attached hydrogen (secondary N) is 1. The van der Waals surface area contributed by atoms with Gasteiger partial charge in [0.05, 0.1) is 8.66 Å². The Hall–Kier alpha value is -0.650. The number of halogens is 2. The first-order valence-corrected chi connectivity index (χ1v) is 8.84. The molecule has 1 aromatic heterocycles. The summed E-state index contributed by atoms with van der Waals surface area (Å²) in [4.78, 5) is 13.1. The minimum Gasteiger partial charge on any atom is -0.321 e. The molecule has 5 heteroatoms. The van der Waals surface area contributed by atoms with Crippen molar-refractivity contribution in [2.45, 2.75) is 26.7 Å². The third-order valence-corrected chi connectivity index (χ3v) is 6.36. The van der Waals surface area contributed by atoms with Crippen LogP contribution in [0.15, 0.2) is 32.5 Å². The standard InChI is InChI=1S/C15H15Br2NOS/c1-3-9-6-5-7-10(4-2)13(9)18-15(19)12-8-11(16)14(17)20-12/h5-8H,3-4H2,1-2H3,(H,18,19). The maximum Gasteiger partial charge on any atom is 0.265 e. The molecule has 0 radical (unpaired) electrons. The first kappa shape index (κ1) is 15.7. The number of aryl methyl sites for hydroxylation is 2. The van der Waals surface area contributed by atoms with Gasteiger partial charge in [0.1, 0.15) is 0 Å². The Morgan fingerprint density at radius 2 is 1.80 bits per heavy atom. The van der Waals surface area contributed by atoms with Crippen molar-refractivity contribution in [2.24, 2.45) is 0 Å². The van der Waals surface area contributed by atoms with Gasteiger partial charge < -0.3 is 5.32 Å². The van der Waals surface area contributed by atoms with Gasteiger partial charge in [-0.05, 0) is 61.9 Å². The number of carbonyl (C=O) groups is 1. The third kappa shape index (κ3) is 3.32. The zero-order chi connectivity index (χ0) is 14.7. The largest absolute Gasteiger partial charge is 0.321 e. The van der Waals surface area contributed by atoms with E-state index in [0.717, 1.165) is 26.8 Å². The zero-order valence-corrected chi connectivity index (χ0v) is 15.3. The molecule has 106 valence electrons. The molecule has 0 atom stereocenters. The van der Waals surface area contributed by atoms with Crippen LogP contribution >= 0.6 is 43.2 Å². The van der Waals surface area contributed by atoms with Crippen LogP contribution in [0, 0.1) is 0 Å². The molecule has 1 aromatic carbocycles. The van der Waals surface area contributed by atoms with Crippen molar-refractivity contribution in [3.05, 3.63) is 48.5 Å². The average molecular weight is 417 g/mol. The molecule has 1 amide bonds. The van der Waals surface area contributed by atoms with Crippen molar-refractivity contribution in [3.63, 3.8) is 0 Å². The van der Waals surface area contributed by atoms with E-state index in [9.17, 15) is 4.79 Å². The number of carbonyl (C=O) groups excluding carboxylic acids is 1. The van der Waals surface area contributed by atoms with Gasteiger partial charge in [0.15, 0.2) is 0 Å². The maximum atomic E-state index is 12.4. The smallest absolute Gasteiger partial charge is 0.265 e. The van der Waals surface area contributed by atoms with Crippen molar-refractivity contribution in [2.75, 3.05) is 5.32 Å². The zero-order valence-electron chi connectivity index (χ0n) is 11.3. The van der Waals surface area contributed by atoms with Gasteiger partial charge in [-0.1, -0.05) is 32.0 Å². The normalized spacial score (nSPS) is 10.6. The Morgan fingerprint density at radius 1 is 1.20 bits per heavy atom. The Morgan fingerprint density at radius 3 is 2.25 bits per heavy atom. The molecule has 0 aliphatic heterocycles. The molecule has 1 heterocycles. The molecule has 0 saturated heterocycles. The van der Waals surface area contributed by atoms with Crippen LogP contribution < -0.4 is 5.32 Å². The molecular formula is C15H15Br2NOS. The highest BCUT2D eigenvalue weighted by atomic mass is 79.9. The van der Waals surface area contributed by atoms with Gasteiger partial charge in [-0.3, -0.25) is 4.79 Å². The fourth-order valence-electron chi connectivity index (χ4n) is 2.04. The molecule has 2 rings (SSSR count). The van der Waals surface area contributed by atoms with Gasteiger partial charge >= 0.3 is 0 Å². The molecule has 0 spiro atoms. The summed E-state index contributed by atoms with van der Waals surface area (Å²) >= 11 is 8.25. The Bertz CT molecular complexity index is 595. The highest BCUT2D eigenvalue weighted by Crippen LogP contribution is 2.33. The lowest BCUT2D eigenvalue weighted by Crippen LogP contribution is -2.13. The topological polar surface area (TPSA) is 29.1 Å². The SMILES string of the molecule is CCc1cccc(CC)c1NC(=O)c1cc(Br)c(Br)s1. The summed E-state index contributed by atoms with van der Waals surface area (Å²) in [6, 6.07) is 8.01. The van der Waals surface area contributed by atoms with Crippen LogP contribution in [0.4, 0.5) is 5.69 Å². The highest BCUT2D eigenvalue weighted by molar-refractivity contribution is 9.13. The molecular weight excluding hydrogens is 402 g/mol. The first-order valence-electron chi connectivity index (χ1n) is 6.43. The van der Waals surface area contributed by atoms with E-state index >= 15 is 0 Å². The average Bonchev–Trinajstić information content (AvgIpc) is 2.79. The second kappa shape index (κ2) is 6.87. The van der Waals surface area contributed by atoms with Gasteiger partial charge in [-0.25, -0.2) is 0 Å². The van der Waals surface area contributed by atoms with Crippen LogP contribution in [0.3, 0.4) is 0 Å². The van der Waals surface area contributed by atoms with E-state index in [1.54, 1.807) is 0 Å². The van der Waals surface area contributed by atoms with E-state index in [1.807, 2.05) is 12.1 Å². The number of benzene rings is 1. The van der Waals surface area contributed by atoms with Crippen LogP contribution in [0.25, 0.3) is 0 Å². The van der Waals surface area contributed by atoms with Crippen molar-refractivity contribution >= 4 is 54.8 Å². The quantitative estimate of drug-likeness (QED) is 0.685. The van der Waals surface area contributed by atoms with E-state index < -0.39 is 0 Å². The number of rotatable bonds is 4. The highest BCUT2D eigenvalue weighted by Gasteiger charge is 2.15. The first-order chi connectivity index (χ1) is 9.56. The van der Waals surface area contributed by atoms with Gasteiger partial charge in [0.2, 0.25) is 0 Å². The van der Waals surface area contributed by atoms with Crippen molar-refractivity contribution in [1.82, 2.24) is 0 Å². The third-order valence-electron chi connectivity index (χ3n) is 3.11. The van der Waals surface area contributed by atoms with Gasteiger partial charge in [-0.15, -0.1) is 11.3 Å². The van der Waals surface area contributed by atoms with Gasteiger partial charge in [0.25, 0.3) is 5.91 Å². The fourth-order valence-corrected chi connectivity index (χ4v) is 3.97. The predicted octanol–water partition coefficient (Wildman–Crippen LogP) is 5.65. The molecule has 1 N–H and O–H groups in total. The second-order valence-electron chi connectivity index (χ2n) is 4.34. The van der Waals surface area contributed by atoms with Crippen molar-refractivity contribution < 1.29 is 4.79 Å². The number of thiophene rings is 1. The summed E-state index contributed by atoms with van der Waals surface area (Å²) < 4.78 is 1.84. The van der Waals surface area contributed by atoms with Gasteiger partial charge in [0, 0.05) is 10.2 Å². The molecule has 0 aliphatic rings.